The number of imidazole rings is 1. The van der Waals surface area contributed by atoms with Crippen molar-refractivity contribution in [3.63, 3.8) is 0 Å². The minimum Gasteiger partial charge on any atom is -0.378 e. The normalized spacial score (nSPS) is 19.0. The summed E-state index contributed by atoms with van der Waals surface area (Å²) in [4.78, 5) is 46.5. The Morgan fingerprint density at radius 1 is 1.09 bits per heavy atom. The lowest BCUT2D eigenvalue weighted by Gasteiger charge is -2.27. The van der Waals surface area contributed by atoms with E-state index in [0.29, 0.717) is 55.5 Å². The molecule has 0 bridgehead atoms. The fraction of sp³-hybridized carbons (Fsp3) is 0.435. The van der Waals surface area contributed by atoms with Crippen LogP contribution in [0.1, 0.15) is 56.9 Å². The van der Waals surface area contributed by atoms with Crippen molar-refractivity contribution in [2.24, 2.45) is 0 Å². The third kappa shape index (κ3) is 3.73. The predicted octanol–water partition coefficient (Wildman–Crippen LogP) is 2.42. The molecule has 1 N–H and O–H groups in total. The molecule has 0 radical (unpaired) electrons. The molecule has 2 saturated heterocycles. The smallest absolute Gasteiger partial charge is 0.257 e. The third-order valence-electron chi connectivity index (χ3n) is 6.19. The highest BCUT2D eigenvalue weighted by molar-refractivity contribution is 5.98. The zero-order chi connectivity index (χ0) is 22.2. The van der Waals surface area contributed by atoms with Crippen LogP contribution in [0.3, 0.4) is 0 Å². The first-order chi connectivity index (χ1) is 15.5. The fourth-order valence-electron chi connectivity index (χ4n) is 4.51. The number of likely N-dealkylation sites (tertiary alicyclic amines) is 1. The van der Waals surface area contributed by atoms with Crippen molar-refractivity contribution in [1.82, 2.24) is 29.7 Å². The summed E-state index contributed by atoms with van der Waals surface area (Å²) >= 11 is 0. The molecule has 9 nitrogen and oxygen atoms in total. The van der Waals surface area contributed by atoms with E-state index in [-0.39, 0.29) is 17.9 Å². The van der Waals surface area contributed by atoms with E-state index in [1.54, 1.807) is 11.1 Å². The number of rotatable bonds is 3. The number of ether oxygens (including phenoxy) is 1. The van der Waals surface area contributed by atoms with Gasteiger partial charge in [-0.25, -0.2) is 15.0 Å². The van der Waals surface area contributed by atoms with Gasteiger partial charge in [-0.1, -0.05) is 0 Å². The van der Waals surface area contributed by atoms with Crippen LogP contribution in [0, 0.1) is 13.8 Å². The molecule has 3 aromatic rings. The van der Waals surface area contributed by atoms with Gasteiger partial charge in [0, 0.05) is 31.4 Å². The number of carbonyl (C=O) groups excluding carboxylic acids is 2. The summed E-state index contributed by atoms with van der Waals surface area (Å²) in [5.41, 5.74) is 3.45. The molecule has 32 heavy (non-hydrogen) atoms. The first kappa shape index (κ1) is 20.6. The van der Waals surface area contributed by atoms with Crippen LogP contribution >= 0.6 is 0 Å². The van der Waals surface area contributed by atoms with Crippen molar-refractivity contribution in [2.45, 2.75) is 32.7 Å². The van der Waals surface area contributed by atoms with E-state index in [1.165, 1.54) is 0 Å². The van der Waals surface area contributed by atoms with Gasteiger partial charge in [0.15, 0.2) is 5.82 Å². The van der Waals surface area contributed by atoms with E-state index in [4.69, 9.17) is 4.74 Å². The lowest BCUT2D eigenvalue weighted by Crippen LogP contribution is -2.41. The average Bonchev–Trinajstić information content (AvgIpc) is 3.44. The van der Waals surface area contributed by atoms with E-state index >= 15 is 0 Å². The summed E-state index contributed by atoms with van der Waals surface area (Å²) in [5, 5.41) is 0. The molecule has 0 aliphatic carbocycles. The SMILES string of the molecule is Cc1nc2ccc(C(=O)N3CCC[C@@H]3c3ncc(C(=O)N4CCOCC4)c(C)n3)cc2[nH]1. The highest BCUT2D eigenvalue weighted by atomic mass is 16.5. The molecule has 0 spiro atoms. The standard InChI is InChI=1S/C23H26N6O3/c1-14-17(23(31)28-8-10-32-11-9-28)13-24-21(25-14)20-4-3-7-29(20)22(30)16-5-6-18-19(12-16)27-15(2)26-18/h5-6,12-13,20H,3-4,7-11H2,1-2H3,(H,26,27)/t20-/m1/s1. The lowest BCUT2D eigenvalue weighted by molar-refractivity contribution is 0.0301. The summed E-state index contributed by atoms with van der Waals surface area (Å²) in [5.74, 6) is 1.29. The summed E-state index contributed by atoms with van der Waals surface area (Å²) < 4.78 is 5.33. The molecule has 2 fully saturated rings. The van der Waals surface area contributed by atoms with Gasteiger partial charge >= 0.3 is 0 Å². The minimum atomic E-state index is -0.201. The molecule has 9 heteroatoms. The Morgan fingerprint density at radius 2 is 1.91 bits per heavy atom. The van der Waals surface area contributed by atoms with Gasteiger partial charge in [0.1, 0.15) is 5.82 Å². The molecule has 0 unspecified atom stereocenters. The number of aromatic amines is 1. The number of aromatic nitrogens is 4. The quantitative estimate of drug-likeness (QED) is 0.679. The topological polar surface area (TPSA) is 104 Å². The van der Waals surface area contributed by atoms with Crippen LogP contribution < -0.4 is 0 Å². The maximum Gasteiger partial charge on any atom is 0.257 e. The van der Waals surface area contributed by atoms with Crippen LogP contribution in [-0.2, 0) is 4.74 Å². The Morgan fingerprint density at radius 3 is 2.69 bits per heavy atom. The second-order valence-corrected chi connectivity index (χ2v) is 8.34. The van der Waals surface area contributed by atoms with E-state index in [1.807, 2.05) is 36.9 Å². The first-order valence-corrected chi connectivity index (χ1v) is 11.0. The molecule has 1 aromatic carbocycles. The molecular formula is C23H26N6O3. The van der Waals surface area contributed by atoms with Crippen LogP contribution in [0.4, 0.5) is 0 Å². The predicted molar refractivity (Wildman–Crippen MR) is 117 cm³/mol. The van der Waals surface area contributed by atoms with Crippen molar-refractivity contribution in [1.29, 1.82) is 0 Å². The zero-order valence-electron chi connectivity index (χ0n) is 18.3. The largest absolute Gasteiger partial charge is 0.378 e. The molecule has 2 amide bonds. The molecule has 2 aliphatic rings. The Kier molecular flexibility index (Phi) is 5.34. The summed E-state index contributed by atoms with van der Waals surface area (Å²) in [6.45, 7) is 6.62. The van der Waals surface area contributed by atoms with Crippen LogP contribution in [0.15, 0.2) is 24.4 Å². The van der Waals surface area contributed by atoms with Crippen molar-refractivity contribution in [2.75, 3.05) is 32.8 Å². The molecule has 1 atom stereocenters. The van der Waals surface area contributed by atoms with E-state index in [0.717, 1.165) is 29.7 Å². The maximum atomic E-state index is 13.3. The Bertz CT molecular complexity index is 1180. The Hall–Kier alpha value is -3.33. The Labute approximate surface area is 185 Å². The number of morpholine rings is 1. The third-order valence-corrected chi connectivity index (χ3v) is 6.19. The zero-order valence-corrected chi connectivity index (χ0v) is 18.3. The second-order valence-electron chi connectivity index (χ2n) is 8.34. The summed E-state index contributed by atoms with van der Waals surface area (Å²) in [7, 11) is 0. The van der Waals surface area contributed by atoms with Crippen LogP contribution in [0.5, 0.6) is 0 Å². The average molecular weight is 435 g/mol. The van der Waals surface area contributed by atoms with Gasteiger partial charge in [-0.2, -0.15) is 0 Å². The number of fused-ring (bicyclic) bond motifs is 1. The van der Waals surface area contributed by atoms with E-state index in [9.17, 15) is 9.59 Å². The molecule has 0 saturated carbocycles. The van der Waals surface area contributed by atoms with Gasteiger partial charge in [-0.15, -0.1) is 0 Å². The Balaban J connectivity index is 1.38. The maximum absolute atomic E-state index is 13.3. The number of hydrogen-bond acceptors (Lipinski definition) is 6. The molecule has 4 heterocycles. The van der Waals surface area contributed by atoms with Crippen molar-refractivity contribution in [3.05, 3.63) is 52.9 Å². The highest BCUT2D eigenvalue weighted by Crippen LogP contribution is 2.32. The molecule has 5 rings (SSSR count). The van der Waals surface area contributed by atoms with Crippen molar-refractivity contribution < 1.29 is 14.3 Å². The molecular weight excluding hydrogens is 408 g/mol. The summed E-state index contributed by atoms with van der Waals surface area (Å²) in [6, 6.07) is 5.33. The fourth-order valence-corrected chi connectivity index (χ4v) is 4.51. The van der Waals surface area contributed by atoms with Crippen molar-refractivity contribution in [3.8, 4) is 0 Å². The first-order valence-electron chi connectivity index (χ1n) is 11.0. The van der Waals surface area contributed by atoms with E-state index in [2.05, 4.69) is 19.9 Å². The highest BCUT2D eigenvalue weighted by Gasteiger charge is 2.33. The van der Waals surface area contributed by atoms with E-state index < -0.39 is 0 Å². The van der Waals surface area contributed by atoms with Gasteiger partial charge in [0.2, 0.25) is 0 Å². The number of amides is 2. The number of nitrogens with zero attached hydrogens (tertiary/aromatic N) is 5. The van der Waals surface area contributed by atoms with Crippen LogP contribution in [0.25, 0.3) is 11.0 Å². The molecule has 2 aliphatic heterocycles. The van der Waals surface area contributed by atoms with Gasteiger partial charge in [-0.3, -0.25) is 9.59 Å². The van der Waals surface area contributed by atoms with Gasteiger partial charge in [-0.05, 0) is 44.9 Å². The van der Waals surface area contributed by atoms with Gasteiger partial charge in [0.25, 0.3) is 11.8 Å². The van der Waals surface area contributed by atoms with Gasteiger partial charge in [0.05, 0.1) is 41.5 Å². The number of H-pyrrole nitrogens is 1. The molecule has 2 aromatic heterocycles. The number of aryl methyl sites for hydroxylation is 2. The van der Waals surface area contributed by atoms with Gasteiger partial charge < -0.3 is 19.5 Å². The summed E-state index contributed by atoms with van der Waals surface area (Å²) in [6.07, 6.45) is 3.29. The monoisotopic (exact) mass is 434 g/mol. The van der Waals surface area contributed by atoms with Crippen LogP contribution in [-0.4, -0.2) is 74.4 Å². The second kappa shape index (κ2) is 8.31. The number of nitrogens with one attached hydrogen (secondary N) is 1. The minimum absolute atomic E-state index is 0.0450. The van der Waals surface area contributed by atoms with Crippen LogP contribution in [0.2, 0.25) is 0 Å². The number of benzene rings is 1. The lowest BCUT2D eigenvalue weighted by atomic mass is 10.1. The number of hydrogen-bond donors (Lipinski definition) is 1. The molecule has 166 valence electrons. The number of carbonyl (C=O) groups is 2. The van der Waals surface area contributed by atoms with Crippen molar-refractivity contribution >= 4 is 22.8 Å².